The molecule has 1 N–H and O–H groups in total. The molecule has 0 bridgehead atoms. The molecule has 0 aliphatic carbocycles. The second-order valence-electron chi connectivity index (χ2n) is 3.49. The van der Waals surface area contributed by atoms with Crippen LogP contribution in [0.15, 0.2) is 27.8 Å². The van der Waals surface area contributed by atoms with Crippen molar-refractivity contribution in [1.82, 2.24) is 5.32 Å². The van der Waals surface area contributed by atoms with Crippen LogP contribution in [0.25, 0.3) is 0 Å². The number of aliphatic imine (C=N–C) groups is 1. The van der Waals surface area contributed by atoms with Gasteiger partial charge in [0.05, 0.1) is 12.8 Å². The van der Waals surface area contributed by atoms with Crippen LogP contribution in [0.1, 0.15) is 10.6 Å². The van der Waals surface area contributed by atoms with E-state index in [0.29, 0.717) is 0 Å². The number of furan rings is 1. The number of nitrogens with zero attached hydrogens (tertiary/aromatic N) is 1. The molecule has 1 aliphatic heterocycles. The highest BCUT2D eigenvalue weighted by Gasteiger charge is 2.36. The maximum atomic E-state index is 11.9. The highest BCUT2D eigenvalue weighted by Crippen LogP contribution is 2.39. The van der Waals surface area contributed by atoms with Gasteiger partial charge in [-0.25, -0.2) is 0 Å². The zero-order valence-electron chi connectivity index (χ0n) is 9.44. The maximum Gasteiger partial charge on any atom is 0.287 e. The molecule has 0 saturated carbocycles. The Bertz CT molecular complexity index is 474. The Morgan fingerprint density at radius 3 is 2.89 bits per heavy atom. The molecule has 0 aromatic carbocycles. The molecular formula is C10H9Cl3N2O2S2. The van der Waals surface area contributed by atoms with Crippen molar-refractivity contribution in [3.63, 3.8) is 0 Å². The third kappa shape index (κ3) is 4.49. The number of carbonyl (C=O) groups is 1. The highest BCUT2D eigenvalue weighted by atomic mass is 35.6. The minimum Gasteiger partial charge on any atom is -0.459 e. The van der Waals surface area contributed by atoms with E-state index in [1.165, 1.54) is 24.1 Å². The lowest BCUT2D eigenvalue weighted by Gasteiger charge is -2.24. The zero-order chi connectivity index (χ0) is 13.9. The van der Waals surface area contributed by atoms with Crippen LogP contribution >= 0.6 is 58.3 Å². The van der Waals surface area contributed by atoms with Crippen LogP contribution in [0.5, 0.6) is 0 Å². The van der Waals surface area contributed by atoms with Crippen molar-refractivity contribution in [2.75, 3.05) is 12.3 Å². The Morgan fingerprint density at radius 2 is 2.37 bits per heavy atom. The fraction of sp³-hybridized carbons (Fsp3) is 0.400. The van der Waals surface area contributed by atoms with E-state index >= 15 is 0 Å². The predicted octanol–water partition coefficient (Wildman–Crippen LogP) is 3.54. The van der Waals surface area contributed by atoms with Gasteiger partial charge < -0.3 is 9.73 Å². The third-order valence-corrected chi connectivity index (χ3v) is 5.57. The number of rotatable bonds is 3. The van der Waals surface area contributed by atoms with Crippen molar-refractivity contribution in [2.45, 2.75) is 9.17 Å². The van der Waals surface area contributed by atoms with Gasteiger partial charge >= 0.3 is 0 Å². The first-order valence-corrected chi connectivity index (χ1v) is 8.22. The molecular weight excluding hydrogens is 351 g/mol. The molecule has 1 aromatic rings. The normalized spacial score (nSPS) is 17.1. The van der Waals surface area contributed by atoms with Crippen molar-refractivity contribution in [3.8, 4) is 0 Å². The molecule has 9 heteroatoms. The van der Waals surface area contributed by atoms with Gasteiger partial charge in [-0.05, 0) is 12.1 Å². The fourth-order valence-electron chi connectivity index (χ4n) is 1.26. The molecule has 1 aromatic heterocycles. The number of halogens is 3. The minimum absolute atomic E-state index is 0.167. The highest BCUT2D eigenvalue weighted by molar-refractivity contribution is 8.39. The van der Waals surface area contributed by atoms with Crippen molar-refractivity contribution in [1.29, 1.82) is 0 Å². The number of hydrogen-bond acceptors (Lipinski definition) is 5. The van der Waals surface area contributed by atoms with E-state index in [4.69, 9.17) is 39.2 Å². The van der Waals surface area contributed by atoms with Gasteiger partial charge in [-0.2, -0.15) is 0 Å². The SMILES string of the molecule is O=C(NC(SC1=NCCS1)C(Cl)(Cl)Cl)c1ccco1. The van der Waals surface area contributed by atoms with E-state index in [9.17, 15) is 4.79 Å². The van der Waals surface area contributed by atoms with Gasteiger partial charge in [0.1, 0.15) is 9.75 Å². The van der Waals surface area contributed by atoms with E-state index in [1.807, 2.05) is 0 Å². The molecule has 1 amide bonds. The van der Waals surface area contributed by atoms with Crippen molar-refractivity contribution >= 4 is 68.6 Å². The van der Waals surface area contributed by atoms with Gasteiger partial charge in [-0.15, -0.1) is 0 Å². The predicted molar refractivity (Wildman–Crippen MR) is 82.6 cm³/mol. The van der Waals surface area contributed by atoms with Crippen LogP contribution in [0.2, 0.25) is 0 Å². The molecule has 19 heavy (non-hydrogen) atoms. The third-order valence-electron chi connectivity index (χ3n) is 2.08. The van der Waals surface area contributed by atoms with Crippen LogP contribution < -0.4 is 5.32 Å². The van der Waals surface area contributed by atoms with Gasteiger partial charge in [-0.1, -0.05) is 58.3 Å². The zero-order valence-corrected chi connectivity index (χ0v) is 13.3. The average Bonchev–Trinajstić information content (AvgIpc) is 2.99. The Hall–Kier alpha value is -0.0100. The first-order chi connectivity index (χ1) is 8.97. The quantitative estimate of drug-likeness (QED) is 0.662. The average molecular weight is 360 g/mol. The van der Waals surface area contributed by atoms with Crippen molar-refractivity contribution in [2.24, 2.45) is 4.99 Å². The molecule has 2 heterocycles. The Labute approximate surface area is 133 Å². The fourth-order valence-corrected chi connectivity index (χ4v) is 3.85. The summed E-state index contributed by atoms with van der Waals surface area (Å²) in [5.74, 6) is 0.638. The lowest BCUT2D eigenvalue weighted by Crippen LogP contribution is -2.41. The molecule has 1 aliphatic rings. The number of amides is 1. The summed E-state index contributed by atoms with van der Waals surface area (Å²) in [7, 11) is 0. The van der Waals surface area contributed by atoms with E-state index in [-0.39, 0.29) is 5.76 Å². The Morgan fingerprint density at radius 1 is 1.58 bits per heavy atom. The summed E-state index contributed by atoms with van der Waals surface area (Å²) in [6.45, 7) is 0.742. The Balaban J connectivity index is 2.03. The second kappa shape index (κ2) is 6.63. The first kappa shape index (κ1) is 15.4. The molecule has 0 saturated heterocycles. The Kier molecular flexibility index (Phi) is 5.37. The molecule has 2 rings (SSSR count). The van der Waals surface area contributed by atoms with Gasteiger partial charge in [0.25, 0.3) is 5.91 Å². The first-order valence-electron chi connectivity index (χ1n) is 5.22. The smallest absolute Gasteiger partial charge is 0.287 e. The van der Waals surface area contributed by atoms with Crippen LogP contribution in [-0.2, 0) is 0 Å². The van der Waals surface area contributed by atoms with Crippen LogP contribution in [0.3, 0.4) is 0 Å². The van der Waals surface area contributed by atoms with Gasteiger partial charge in [0.2, 0.25) is 3.79 Å². The maximum absolute atomic E-state index is 11.9. The summed E-state index contributed by atoms with van der Waals surface area (Å²) in [6, 6.07) is 3.15. The van der Waals surface area contributed by atoms with Gasteiger partial charge in [-0.3, -0.25) is 9.79 Å². The minimum atomic E-state index is -1.64. The summed E-state index contributed by atoms with van der Waals surface area (Å²) in [4.78, 5) is 16.1. The van der Waals surface area contributed by atoms with Gasteiger partial charge in [0.15, 0.2) is 5.76 Å². The molecule has 1 atom stereocenters. The van der Waals surface area contributed by atoms with E-state index < -0.39 is 15.1 Å². The summed E-state index contributed by atoms with van der Waals surface area (Å²) < 4.78 is 4.15. The second-order valence-corrected chi connectivity index (χ2v) is 8.29. The van der Waals surface area contributed by atoms with E-state index in [1.54, 1.807) is 17.8 Å². The van der Waals surface area contributed by atoms with E-state index in [2.05, 4.69) is 10.3 Å². The number of hydrogen-bond donors (Lipinski definition) is 1. The summed E-state index contributed by atoms with van der Waals surface area (Å²) in [5, 5.41) is 1.89. The monoisotopic (exact) mass is 358 g/mol. The summed E-state index contributed by atoms with van der Waals surface area (Å²) >= 11 is 20.5. The summed E-state index contributed by atoms with van der Waals surface area (Å²) in [6.07, 6.45) is 1.41. The number of carbonyl (C=O) groups excluding carboxylic acids is 1. The van der Waals surface area contributed by atoms with Crippen LogP contribution in [0, 0.1) is 0 Å². The lowest BCUT2D eigenvalue weighted by molar-refractivity contribution is 0.0922. The molecule has 4 nitrogen and oxygen atoms in total. The molecule has 0 radical (unpaired) electrons. The molecule has 0 fully saturated rings. The molecule has 0 spiro atoms. The number of nitrogens with one attached hydrogen (secondary N) is 1. The van der Waals surface area contributed by atoms with Crippen molar-refractivity contribution in [3.05, 3.63) is 24.2 Å². The largest absolute Gasteiger partial charge is 0.459 e. The molecule has 1 unspecified atom stereocenters. The van der Waals surface area contributed by atoms with Crippen LogP contribution in [-0.4, -0.2) is 31.7 Å². The van der Waals surface area contributed by atoms with Crippen molar-refractivity contribution < 1.29 is 9.21 Å². The summed E-state index contributed by atoms with van der Waals surface area (Å²) in [5.41, 5.74) is 0. The van der Waals surface area contributed by atoms with E-state index in [0.717, 1.165) is 16.7 Å². The van der Waals surface area contributed by atoms with Gasteiger partial charge in [0, 0.05) is 5.75 Å². The molecule has 104 valence electrons. The number of thioether (sulfide) groups is 2. The topological polar surface area (TPSA) is 54.6 Å². The number of alkyl halides is 3. The standard InChI is InChI=1S/C10H9Cl3N2O2S2/c11-10(12,13)8(19-9-14-3-5-18-9)15-7(16)6-2-1-4-17-6/h1-2,4,8H,3,5H2,(H,15,16). The van der Waals surface area contributed by atoms with Crippen LogP contribution in [0.4, 0.5) is 0 Å². The lowest BCUT2D eigenvalue weighted by atomic mass is 10.4.